The number of benzene rings is 2. The van der Waals surface area contributed by atoms with Crippen molar-refractivity contribution in [2.45, 2.75) is 19.9 Å². The van der Waals surface area contributed by atoms with Crippen LogP contribution < -0.4 is 14.8 Å². The fourth-order valence-electron chi connectivity index (χ4n) is 3.23. The number of para-hydroxylation sites is 2. The molecule has 0 spiro atoms. The molecule has 1 aliphatic heterocycles. The van der Waals surface area contributed by atoms with Crippen LogP contribution in [-0.2, 0) is 9.53 Å². The zero-order chi connectivity index (χ0) is 21.5. The molecule has 2 amide bonds. The molecule has 1 atom stereocenters. The second kappa shape index (κ2) is 9.82. The lowest BCUT2D eigenvalue weighted by Crippen LogP contribution is -2.46. The number of hydrogen-bond acceptors (Lipinski definition) is 5. The predicted molar refractivity (Wildman–Crippen MR) is 112 cm³/mol. The van der Waals surface area contributed by atoms with Crippen molar-refractivity contribution in [1.29, 1.82) is 0 Å². The molecule has 0 fully saturated rings. The Bertz CT molecular complexity index is 926. The predicted octanol–water partition coefficient (Wildman–Crippen LogP) is 3.68. The van der Waals surface area contributed by atoms with Crippen molar-refractivity contribution in [1.82, 2.24) is 10.2 Å². The summed E-state index contributed by atoms with van der Waals surface area (Å²) in [5.41, 5.74) is 1.60. The van der Waals surface area contributed by atoms with Crippen LogP contribution in [0.5, 0.6) is 11.5 Å². The number of carbonyl (C=O) groups is 2. The second-order valence-electron chi connectivity index (χ2n) is 6.71. The molecule has 0 unspecified atom stereocenters. The maximum absolute atomic E-state index is 13.0. The Morgan fingerprint density at radius 3 is 2.47 bits per heavy atom. The maximum Gasteiger partial charge on any atom is 0.338 e. The molecular weight excluding hydrogens is 384 g/mol. The number of carbonyl (C=O) groups excluding carboxylic acids is 2. The van der Waals surface area contributed by atoms with E-state index >= 15 is 0 Å². The monoisotopic (exact) mass is 410 g/mol. The van der Waals surface area contributed by atoms with E-state index in [1.165, 1.54) is 4.90 Å². The number of amides is 2. The van der Waals surface area contributed by atoms with E-state index in [9.17, 15) is 9.59 Å². The first kappa shape index (κ1) is 21.2. The van der Waals surface area contributed by atoms with Crippen LogP contribution in [0.1, 0.15) is 25.5 Å². The van der Waals surface area contributed by atoms with Crippen LogP contribution in [-0.4, -0.2) is 43.8 Å². The second-order valence-corrected chi connectivity index (χ2v) is 6.71. The fraction of sp³-hybridized carbons (Fsp3) is 0.304. The van der Waals surface area contributed by atoms with Crippen LogP contribution in [0.4, 0.5) is 4.79 Å². The third-order valence-corrected chi connectivity index (χ3v) is 4.83. The van der Waals surface area contributed by atoms with Gasteiger partial charge >= 0.3 is 12.0 Å². The number of hydrogen-bond donors (Lipinski definition) is 1. The average Bonchev–Trinajstić information content (AvgIpc) is 2.76. The number of urea groups is 1. The van der Waals surface area contributed by atoms with E-state index in [1.807, 2.05) is 61.5 Å². The summed E-state index contributed by atoms with van der Waals surface area (Å²) in [4.78, 5) is 26.8. The van der Waals surface area contributed by atoms with Crippen LogP contribution in [0.3, 0.4) is 0 Å². The van der Waals surface area contributed by atoms with E-state index in [0.717, 1.165) is 0 Å². The van der Waals surface area contributed by atoms with Gasteiger partial charge in [0.05, 0.1) is 18.2 Å². The molecule has 158 valence electrons. The molecule has 1 heterocycles. The molecule has 0 radical (unpaired) electrons. The molecular formula is C23H26N2O5. The van der Waals surface area contributed by atoms with Crippen molar-refractivity contribution in [3.8, 4) is 11.5 Å². The Labute approximate surface area is 176 Å². The highest BCUT2D eigenvalue weighted by atomic mass is 16.6. The van der Waals surface area contributed by atoms with Gasteiger partial charge in [0.15, 0.2) is 0 Å². The normalized spacial score (nSPS) is 16.2. The third-order valence-electron chi connectivity index (χ3n) is 4.83. The minimum absolute atomic E-state index is 0.0853. The largest absolute Gasteiger partial charge is 0.494 e. The quantitative estimate of drug-likeness (QED) is 0.531. The Morgan fingerprint density at radius 2 is 1.73 bits per heavy atom. The average molecular weight is 410 g/mol. The van der Waals surface area contributed by atoms with E-state index < -0.39 is 12.0 Å². The molecule has 0 aliphatic carbocycles. The minimum Gasteiger partial charge on any atom is -0.494 e. The third kappa shape index (κ3) is 4.74. The van der Waals surface area contributed by atoms with Crippen LogP contribution in [0.2, 0.25) is 0 Å². The Balaban J connectivity index is 1.78. The van der Waals surface area contributed by atoms with Crippen molar-refractivity contribution in [3.05, 3.63) is 71.4 Å². The molecule has 7 heteroatoms. The first-order chi connectivity index (χ1) is 14.5. The number of allylic oxidation sites excluding steroid dienone is 1. The molecule has 0 saturated heterocycles. The summed E-state index contributed by atoms with van der Waals surface area (Å²) < 4.78 is 16.7. The van der Waals surface area contributed by atoms with Gasteiger partial charge in [-0.05, 0) is 32.0 Å². The van der Waals surface area contributed by atoms with Crippen LogP contribution in [0.15, 0.2) is 65.9 Å². The smallest absolute Gasteiger partial charge is 0.338 e. The van der Waals surface area contributed by atoms with Gasteiger partial charge in [-0.2, -0.15) is 0 Å². The molecule has 30 heavy (non-hydrogen) atoms. The molecule has 2 aromatic rings. The summed E-state index contributed by atoms with van der Waals surface area (Å²) in [6, 6.07) is 15.7. The van der Waals surface area contributed by atoms with Crippen molar-refractivity contribution in [2.75, 3.05) is 26.9 Å². The van der Waals surface area contributed by atoms with E-state index in [-0.39, 0.29) is 19.2 Å². The van der Waals surface area contributed by atoms with Gasteiger partial charge in [0.1, 0.15) is 24.7 Å². The van der Waals surface area contributed by atoms with Gasteiger partial charge in [0.25, 0.3) is 0 Å². The van der Waals surface area contributed by atoms with Crippen molar-refractivity contribution < 1.29 is 23.8 Å². The molecule has 0 aromatic heterocycles. The summed E-state index contributed by atoms with van der Waals surface area (Å²) in [7, 11) is 1.61. The minimum atomic E-state index is -0.668. The lowest BCUT2D eigenvalue weighted by Gasteiger charge is -2.33. The summed E-state index contributed by atoms with van der Waals surface area (Å²) in [5, 5.41) is 2.88. The van der Waals surface area contributed by atoms with Gasteiger partial charge in [0, 0.05) is 18.3 Å². The lowest BCUT2D eigenvalue weighted by molar-refractivity contribution is -0.140. The Morgan fingerprint density at radius 1 is 1.03 bits per heavy atom. The maximum atomic E-state index is 13.0. The molecule has 3 rings (SSSR count). The summed E-state index contributed by atoms with van der Waals surface area (Å²) in [6.45, 7) is 4.39. The molecule has 2 aromatic carbocycles. The SMILES string of the molecule is CCOc1ccccc1[C@@H]1NC(=O)N(C)C(C)=C1C(=O)OCCOc1ccccc1. The van der Waals surface area contributed by atoms with Gasteiger partial charge in [0.2, 0.25) is 0 Å². The van der Waals surface area contributed by atoms with Gasteiger partial charge in [-0.15, -0.1) is 0 Å². The van der Waals surface area contributed by atoms with Crippen LogP contribution in [0, 0.1) is 0 Å². The molecule has 7 nitrogen and oxygen atoms in total. The van der Waals surface area contributed by atoms with Crippen molar-refractivity contribution in [3.63, 3.8) is 0 Å². The zero-order valence-electron chi connectivity index (χ0n) is 17.4. The molecule has 0 saturated carbocycles. The standard InChI is InChI=1S/C23H26N2O5/c1-4-28-19-13-9-8-12-18(19)21-20(16(2)25(3)23(27)24-21)22(26)30-15-14-29-17-10-6-5-7-11-17/h5-13,21H,4,14-15H2,1-3H3,(H,24,27)/t21-/m0/s1. The first-order valence-corrected chi connectivity index (χ1v) is 9.84. The van der Waals surface area contributed by atoms with Gasteiger partial charge in [-0.25, -0.2) is 9.59 Å². The number of nitrogens with zero attached hydrogens (tertiary/aromatic N) is 1. The highest BCUT2D eigenvalue weighted by Crippen LogP contribution is 2.35. The molecule has 0 bridgehead atoms. The number of ether oxygens (including phenoxy) is 3. The van der Waals surface area contributed by atoms with Crippen LogP contribution in [0.25, 0.3) is 0 Å². The van der Waals surface area contributed by atoms with E-state index in [4.69, 9.17) is 14.2 Å². The number of nitrogens with one attached hydrogen (secondary N) is 1. The lowest BCUT2D eigenvalue weighted by atomic mass is 9.94. The van der Waals surface area contributed by atoms with Crippen molar-refractivity contribution in [2.24, 2.45) is 0 Å². The van der Waals surface area contributed by atoms with E-state index in [2.05, 4.69) is 5.32 Å². The van der Waals surface area contributed by atoms with E-state index in [0.29, 0.717) is 34.9 Å². The Hall–Kier alpha value is -3.48. The molecule has 1 aliphatic rings. The number of esters is 1. The summed E-state index contributed by atoms with van der Waals surface area (Å²) >= 11 is 0. The summed E-state index contributed by atoms with van der Waals surface area (Å²) in [5.74, 6) is 0.810. The topological polar surface area (TPSA) is 77.1 Å². The van der Waals surface area contributed by atoms with Gasteiger partial charge in [-0.1, -0.05) is 36.4 Å². The summed E-state index contributed by atoms with van der Waals surface area (Å²) in [6.07, 6.45) is 0. The molecule has 1 N–H and O–H groups in total. The van der Waals surface area contributed by atoms with Gasteiger partial charge in [-0.3, -0.25) is 0 Å². The first-order valence-electron chi connectivity index (χ1n) is 9.84. The highest BCUT2D eigenvalue weighted by Gasteiger charge is 2.36. The number of rotatable bonds is 8. The van der Waals surface area contributed by atoms with E-state index in [1.54, 1.807) is 14.0 Å². The fourth-order valence-corrected chi connectivity index (χ4v) is 3.23. The Kier molecular flexibility index (Phi) is 6.95. The van der Waals surface area contributed by atoms with Gasteiger partial charge < -0.3 is 24.4 Å². The zero-order valence-corrected chi connectivity index (χ0v) is 17.4. The van der Waals surface area contributed by atoms with Crippen LogP contribution >= 0.6 is 0 Å². The van der Waals surface area contributed by atoms with Crippen molar-refractivity contribution >= 4 is 12.0 Å². The highest BCUT2D eigenvalue weighted by molar-refractivity contribution is 5.95.